The lowest BCUT2D eigenvalue weighted by Gasteiger charge is -2.20. The Bertz CT molecular complexity index is 355. The fourth-order valence-electron chi connectivity index (χ4n) is 1.88. The summed E-state index contributed by atoms with van der Waals surface area (Å²) in [6, 6.07) is 0.109. The molecule has 0 bridgehead atoms. The minimum Gasteiger partial charge on any atom is -0.379 e. The molecule has 0 radical (unpaired) electrons. The third kappa shape index (κ3) is 7.61. The summed E-state index contributed by atoms with van der Waals surface area (Å²) in [4.78, 5) is 17.5. The molecular weight excluding hydrogens is 284 g/mol. The number of guanidine groups is 1. The van der Waals surface area contributed by atoms with E-state index in [1.54, 1.807) is 14.1 Å². The molecule has 0 saturated carbocycles. The molecule has 1 aliphatic rings. The van der Waals surface area contributed by atoms with Gasteiger partial charge in [0, 0.05) is 33.3 Å². The molecule has 0 aromatic rings. The third-order valence-electron chi connectivity index (χ3n) is 3.27. The van der Waals surface area contributed by atoms with E-state index in [0.29, 0.717) is 19.2 Å². The van der Waals surface area contributed by atoms with Crippen LogP contribution >= 0.6 is 0 Å². The van der Waals surface area contributed by atoms with E-state index >= 15 is 0 Å². The number of aliphatic imine (C=N–C) groups is 1. The van der Waals surface area contributed by atoms with Crippen LogP contribution in [0.1, 0.15) is 26.7 Å². The van der Waals surface area contributed by atoms with Crippen molar-refractivity contribution in [2.24, 2.45) is 4.99 Å². The van der Waals surface area contributed by atoms with E-state index in [1.807, 2.05) is 6.92 Å². The van der Waals surface area contributed by atoms with Gasteiger partial charge in [0.05, 0.1) is 19.3 Å². The Morgan fingerprint density at radius 3 is 2.86 bits per heavy atom. The van der Waals surface area contributed by atoms with Crippen molar-refractivity contribution in [2.45, 2.75) is 38.8 Å². The van der Waals surface area contributed by atoms with Crippen LogP contribution in [0.5, 0.6) is 0 Å². The molecule has 1 amide bonds. The van der Waals surface area contributed by atoms with Crippen molar-refractivity contribution in [3.63, 3.8) is 0 Å². The first-order valence-electron chi connectivity index (χ1n) is 7.97. The fourth-order valence-corrected chi connectivity index (χ4v) is 1.88. The second-order valence-corrected chi connectivity index (χ2v) is 5.74. The van der Waals surface area contributed by atoms with Crippen LogP contribution in [-0.4, -0.2) is 75.9 Å². The largest absolute Gasteiger partial charge is 0.379 e. The van der Waals surface area contributed by atoms with Gasteiger partial charge in [0.15, 0.2) is 5.96 Å². The molecule has 1 aliphatic heterocycles. The van der Waals surface area contributed by atoms with Crippen LogP contribution in [0.4, 0.5) is 0 Å². The average molecular weight is 314 g/mol. The standard InChI is InChI=1S/C15H30N4O3/c1-5-7-16-15(17-9-14(20)19(3)4)18-12(2)10-22-13-6-8-21-11-13/h12-13H,5-11H2,1-4H3,(H2,16,17,18). The summed E-state index contributed by atoms with van der Waals surface area (Å²) in [5.41, 5.74) is 0. The van der Waals surface area contributed by atoms with Crippen molar-refractivity contribution in [1.29, 1.82) is 0 Å². The molecule has 1 saturated heterocycles. The molecule has 7 heteroatoms. The quantitative estimate of drug-likeness (QED) is 0.495. The van der Waals surface area contributed by atoms with E-state index in [4.69, 9.17) is 9.47 Å². The zero-order valence-electron chi connectivity index (χ0n) is 14.2. The van der Waals surface area contributed by atoms with Crippen molar-refractivity contribution in [3.8, 4) is 0 Å². The van der Waals surface area contributed by atoms with Crippen LogP contribution in [0.2, 0.25) is 0 Å². The molecule has 0 spiro atoms. The number of rotatable bonds is 8. The van der Waals surface area contributed by atoms with Crippen molar-refractivity contribution in [1.82, 2.24) is 15.5 Å². The number of nitrogens with zero attached hydrogens (tertiary/aromatic N) is 2. The molecular formula is C15H30N4O3. The number of carbonyl (C=O) groups excluding carboxylic acids is 1. The van der Waals surface area contributed by atoms with Crippen molar-refractivity contribution < 1.29 is 14.3 Å². The topological polar surface area (TPSA) is 75.2 Å². The van der Waals surface area contributed by atoms with Gasteiger partial charge in [-0.25, -0.2) is 4.99 Å². The summed E-state index contributed by atoms with van der Waals surface area (Å²) >= 11 is 0. The molecule has 1 fully saturated rings. The molecule has 0 aromatic carbocycles. The monoisotopic (exact) mass is 314 g/mol. The molecule has 2 N–H and O–H groups in total. The van der Waals surface area contributed by atoms with E-state index in [1.165, 1.54) is 4.90 Å². The van der Waals surface area contributed by atoms with Gasteiger partial charge in [0.2, 0.25) is 5.91 Å². The highest BCUT2D eigenvalue weighted by Gasteiger charge is 2.17. The number of hydrogen-bond donors (Lipinski definition) is 2. The summed E-state index contributed by atoms with van der Waals surface area (Å²) in [5, 5.41) is 6.48. The van der Waals surface area contributed by atoms with Crippen molar-refractivity contribution in [3.05, 3.63) is 0 Å². The fraction of sp³-hybridized carbons (Fsp3) is 0.867. The Balaban J connectivity index is 2.40. The number of amides is 1. The van der Waals surface area contributed by atoms with E-state index in [0.717, 1.165) is 26.0 Å². The van der Waals surface area contributed by atoms with Crippen LogP contribution in [0.25, 0.3) is 0 Å². The summed E-state index contributed by atoms with van der Waals surface area (Å²) in [5.74, 6) is 0.625. The van der Waals surface area contributed by atoms with Gasteiger partial charge in [-0.3, -0.25) is 4.79 Å². The first-order valence-corrected chi connectivity index (χ1v) is 7.97. The van der Waals surface area contributed by atoms with Crippen molar-refractivity contribution in [2.75, 3.05) is 47.0 Å². The molecule has 7 nitrogen and oxygen atoms in total. The van der Waals surface area contributed by atoms with Gasteiger partial charge in [-0.15, -0.1) is 0 Å². The van der Waals surface area contributed by atoms with E-state index < -0.39 is 0 Å². The Morgan fingerprint density at radius 2 is 2.27 bits per heavy atom. The molecule has 2 unspecified atom stereocenters. The second kappa shape index (κ2) is 10.4. The predicted molar refractivity (Wildman–Crippen MR) is 87.1 cm³/mol. The molecule has 0 aromatic heterocycles. The van der Waals surface area contributed by atoms with Gasteiger partial charge < -0.3 is 25.0 Å². The van der Waals surface area contributed by atoms with Gasteiger partial charge in [-0.1, -0.05) is 6.92 Å². The first-order chi connectivity index (χ1) is 10.5. The van der Waals surface area contributed by atoms with E-state index in [2.05, 4.69) is 22.5 Å². The summed E-state index contributed by atoms with van der Waals surface area (Å²) < 4.78 is 11.1. The first kappa shape index (κ1) is 18.7. The Labute approximate surface area is 133 Å². The number of hydrogen-bond acceptors (Lipinski definition) is 4. The zero-order chi connectivity index (χ0) is 16.4. The normalized spacial score (nSPS) is 19.8. The van der Waals surface area contributed by atoms with E-state index in [-0.39, 0.29) is 24.6 Å². The number of ether oxygens (including phenoxy) is 2. The lowest BCUT2D eigenvalue weighted by atomic mass is 10.3. The maximum absolute atomic E-state index is 11.6. The predicted octanol–water partition coefficient (Wildman–Crippen LogP) is 0.214. The maximum atomic E-state index is 11.6. The minimum absolute atomic E-state index is 0.0235. The SMILES string of the molecule is CCCNC(=NCC(=O)N(C)C)NC(C)COC1CCOC1. The van der Waals surface area contributed by atoms with Gasteiger partial charge in [0.1, 0.15) is 6.54 Å². The summed E-state index contributed by atoms with van der Waals surface area (Å²) in [6.45, 7) is 7.11. The minimum atomic E-state index is -0.0235. The lowest BCUT2D eigenvalue weighted by Crippen LogP contribution is -2.45. The molecule has 128 valence electrons. The molecule has 1 rings (SSSR count). The van der Waals surface area contributed by atoms with E-state index in [9.17, 15) is 4.79 Å². The second-order valence-electron chi connectivity index (χ2n) is 5.74. The third-order valence-corrected chi connectivity index (χ3v) is 3.27. The Morgan fingerprint density at radius 1 is 1.50 bits per heavy atom. The zero-order valence-corrected chi connectivity index (χ0v) is 14.2. The molecule has 2 atom stereocenters. The Hall–Kier alpha value is -1.34. The number of likely N-dealkylation sites (N-methyl/N-ethyl adjacent to an activating group) is 1. The highest BCUT2D eigenvalue weighted by Crippen LogP contribution is 2.08. The van der Waals surface area contributed by atoms with Crippen molar-refractivity contribution >= 4 is 11.9 Å². The average Bonchev–Trinajstić information content (AvgIpc) is 3.00. The number of nitrogens with one attached hydrogen (secondary N) is 2. The molecule has 0 aliphatic carbocycles. The molecule has 22 heavy (non-hydrogen) atoms. The van der Waals surface area contributed by atoms with Crippen LogP contribution in [0.3, 0.4) is 0 Å². The number of carbonyl (C=O) groups is 1. The Kier molecular flexibility index (Phi) is 8.84. The van der Waals surface area contributed by atoms with Crippen LogP contribution in [-0.2, 0) is 14.3 Å². The summed E-state index contributed by atoms with van der Waals surface area (Å²) in [6.07, 6.45) is 2.15. The van der Waals surface area contributed by atoms with Gasteiger partial charge in [0.25, 0.3) is 0 Å². The smallest absolute Gasteiger partial charge is 0.243 e. The summed E-state index contributed by atoms with van der Waals surface area (Å²) in [7, 11) is 3.45. The van der Waals surface area contributed by atoms with Crippen LogP contribution in [0, 0.1) is 0 Å². The highest BCUT2D eigenvalue weighted by atomic mass is 16.5. The van der Waals surface area contributed by atoms with Gasteiger partial charge in [-0.2, -0.15) is 0 Å². The van der Waals surface area contributed by atoms with Crippen LogP contribution in [0.15, 0.2) is 4.99 Å². The maximum Gasteiger partial charge on any atom is 0.243 e. The van der Waals surface area contributed by atoms with Gasteiger partial charge >= 0.3 is 0 Å². The molecule has 1 heterocycles. The lowest BCUT2D eigenvalue weighted by molar-refractivity contribution is -0.127. The highest BCUT2D eigenvalue weighted by molar-refractivity contribution is 5.84. The van der Waals surface area contributed by atoms with Crippen LogP contribution < -0.4 is 10.6 Å². The van der Waals surface area contributed by atoms with Gasteiger partial charge in [-0.05, 0) is 19.8 Å².